The van der Waals surface area contributed by atoms with Gasteiger partial charge in [0.15, 0.2) is 0 Å². The van der Waals surface area contributed by atoms with Crippen molar-refractivity contribution in [1.29, 1.82) is 0 Å². The average Bonchev–Trinajstić information content (AvgIpc) is 2.66. The van der Waals surface area contributed by atoms with E-state index >= 15 is 0 Å². The average molecular weight is 308 g/mol. The van der Waals surface area contributed by atoms with Gasteiger partial charge in [-0.05, 0) is 42.4 Å². The standard InChI is InChI=1S/C16H18ClNO3/c17-12-4-2-11(3-5-12)14-15(20)18-13(19)10-16(14)6-1-8-21-9-7-16/h2-5,14H,1,6-10H2,(H,18,19,20). The summed E-state index contributed by atoms with van der Waals surface area (Å²) in [5.41, 5.74) is 0.593. The van der Waals surface area contributed by atoms with Crippen molar-refractivity contribution < 1.29 is 14.3 Å². The summed E-state index contributed by atoms with van der Waals surface area (Å²) in [6.45, 7) is 1.30. The van der Waals surface area contributed by atoms with Gasteiger partial charge < -0.3 is 4.74 Å². The summed E-state index contributed by atoms with van der Waals surface area (Å²) in [7, 11) is 0. The van der Waals surface area contributed by atoms with E-state index in [1.54, 1.807) is 12.1 Å². The van der Waals surface area contributed by atoms with E-state index in [1.165, 1.54) is 0 Å². The lowest BCUT2D eigenvalue weighted by Gasteiger charge is -2.42. The largest absolute Gasteiger partial charge is 0.381 e. The molecule has 0 radical (unpaired) electrons. The van der Waals surface area contributed by atoms with E-state index in [0.717, 1.165) is 24.8 Å². The number of amides is 2. The van der Waals surface area contributed by atoms with Crippen LogP contribution in [0.2, 0.25) is 5.02 Å². The van der Waals surface area contributed by atoms with Crippen LogP contribution < -0.4 is 5.32 Å². The van der Waals surface area contributed by atoms with Crippen molar-refractivity contribution in [1.82, 2.24) is 5.32 Å². The van der Waals surface area contributed by atoms with Gasteiger partial charge in [-0.1, -0.05) is 23.7 Å². The minimum atomic E-state index is -0.330. The summed E-state index contributed by atoms with van der Waals surface area (Å²) < 4.78 is 5.53. The predicted molar refractivity (Wildman–Crippen MR) is 79.1 cm³/mol. The monoisotopic (exact) mass is 307 g/mol. The van der Waals surface area contributed by atoms with Gasteiger partial charge in [0.2, 0.25) is 11.8 Å². The van der Waals surface area contributed by atoms with E-state index in [0.29, 0.717) is 24.7 Å². The van der Waals surface area contributed by atoms with Crippen molar-refractivity contribution in [2.75, 3.05) is 13.2 Å². The van der Waals surface area contributed by atoms with Crippen LogP contribution in [0.25, 0.3) is 0 Å². The summed E-state index contributed by atoms with van der Waals surface area (Å²) in [4.78, 5) is 24.4. The zero-order chi connectivity index (χ0) is 14.9. The molecule has 2 amide bonds. The maximum atomic E-state index is 12.5. The second-order valence-electron chi connectivity index (χ2n) is 5.90. The zero-order valence-electron chi connectivity index (χ0n) is 11.7. The Kier molecular flexibility index (Phi) is 4.00. The molecular weight excluding hydrogens is 290 g/mol. The fourth-order valence-electron chi connectivity index (χ4n) is 3.61. The third-order valence-electron chi connectivity index (χ3n) is 4.56. The topological polar surface area (TPSA) is 55.4 Å². The Morgan fingerprint density at radius 2 is 1.90 bits per heavy atom. The third-order valence-corrected chi connectivity index (χ3v) is 4.81. The zero-order valence-corrected chi connectivity index (χ0v) is 12.5. The van der Waals surface area contributed by atoms with Crippen LogP contribution in [0.15, 0.2) is 24.3 Å². The van der Waals surface area contributed by atoms with Crippen LogP contribution in [0, 0.1) is 5.41 Å². The van der Waals surface area contributed by atoms with Crippen LogP contribution in [0.3, 0.4) is 0 Å². The minimum absolute atomic E-state index is 0.174. The fraction of sp³-hybridized carbons (Fsp3) is 0.500. The molecule has 2 saturated heterocycles. The molecule has 2 unspecified atom stereocenters. The molecule has 0 aromatic heterocycles. The van der Waals surface area contributed by atoms with Crippen LogP contribution in [-0.4, -0.2) is 25.0 Å². The first-order valence-electron chi connectivity index (χ1n) is 7.28. The lowest BCUT2D eigenvalue weighted by atomic mass is 9.63. The molecule has 1 N–H and O–H groups in total. The van der Waals surface area contributed by atoms with E-state index < -0.39 is 0 Å². The van der Waals surface area contributed by atoms with Crippen LogP contribution in [0.5, 0.6) is 0 Å². The van der Waals surface area contributed by atoms with E-state index in [9.17, 15) is 9.59 Å². The van der Waals surface area contributed by atoms with E-state index in [-0.39, 0.29) is 23.1 Å². The minimum Gasteiger partial charge on any atom is -0.381 e. The Morgan fingerprint density at radius 3 is 2.67 bits per heavy atom. The number of benzene rings is 1. The summed E-state index contributed by atoms with van der Waals surface area (Å²) in [5, 5.41) is 3.13. The van der Waals surface area contributed by atoms with Crippen molar-refractivity contribution in [2.24, 2.45) is 5.41 Å². The smallest absolute Gasteiger partial charge is 0.234 e. The number of piperidine rings is 1. The number of carbonyl (C=O) groups is 2. The number of halogens is 1. The van der Waals surface area contributed by atoms with Crippen molar-refractivity contribution in [3.63, 3.8) is 0 Å². The maximum Gasteiger partial charge on any atom is 0.234 e. The number of hydrogen-bond donors (Lipinski definition) is 1. The number of rotatable bonds is 1. The highest BCUT2D eigenvalue weighted by atomic mass is 35.5. The molecule has 4 nitrogen and oxygen atoms in total. The summed E-state index contributed by atoms with van der Waals surface area (Å²) in [6, 6.07) is 7.36. The molecule has 0 aliphatic carbocycles. The highest BCUT2D eigenvalue weighted by Crippen LogP contribution is 2.49. The van der Waals surface area contributed by atoms with Gasteiger partial charge in [-0.25, -0.2) is 0 Å². The highest BCUT2D eigenvalue weighted by molar-refractivity contribution is 6.30. The molecule has 1 spiro atoms. The fourth-order valence-corrected chi connectivity index (χ4v) is 3.73. The second kappa shape index (κ2) is 5.78. The molecule has 0 bridgehead atoms. The quantitative estimate of drug-likeness (QED) is 0.812. The Morgan fingerprint density at radius 1 is 1.14 bits per heavy atom. The molecular formula is C16H18ClNO3. The number of carbonyl (C=O) groups excluding carboxylic acids is 2. The Hall–Kier alpha value is -1.39. The first-order chi connectivity index (χ1) is 10.1. The molecule has 5 heteroatoms. The number of nitrogens with one attached hydrogen (secondary N) is 1. The highest BCUT2D eigenvalue weighted by Gasteiger charge is 2.49. The third kappa shape index (κ3) is 2.83. The van der Waals surface area contributed by atoms with Crippen LogP contribution in [0.4, 0.5) is 0 Å². The Labute approximate surface area is 128 Å². The van der Waals surface area contributed by atoms with Gasteiger partial charge in [0.25, 0.3) is 0 Å². The van der Waals surface area contributed by atoms with Crippen molar-refractivity contribution in [2.45, 2.75) is 31.6 Å². The lowest BCUT2D eigenvalue weighted by molar-refractivity contribution is -0.140. The van der Waals surface area contributed by atoms with Gasteiger partial charge in [0.05, 0.1) is 5.92 Å². The lowest BCUT2D eigenvalue weighted by Crippen LogP contribution is -2.51. The molecule has 1 aromatic carbocycles. The molecule has 112 valence electrons. The first kappa shape index (κ1) is 14.5. The molecule has 21 heavy (non-hydrogen) atoms. The van der Waals surface area contributed by atoms with E-state index in [4.69, 9.17) is 16.3 Å². The molecule has 2 heterocycles. The maximum absolute atomic E-state index is 12.5. The number of hydrogen-bond acceptors (Lipinski definition) is 3. The first-order valence-corrected chi connectivity index (χ1v) is 7.65. The predicted octanol–water partition coefficient (Wildman–Crippen LogP) is 2.66. The Bertz CT molecular complexity index is 547. The molecule has 2 fully saturated rings. The van der Waals surface area contributed by atoms with Crippen LogP contribution in [0.1, 0.15) is 37.2 Å². The van der Waals surface area contributed by atoms with Gasteiger partial charge in [-0.3, -0.25) is 14.9 Å². The SMILES string of the molecule is O=C1CC2(CCCOCC2)C(c2ccc(Cl)cc2)C(=O)N1. The van der Waals surface area contributed by atoms with E-state index in [2.05, 4.69) is 5.32 Å². The van der Waals surface area contributed by atoms with E-state index in [1.807, 2.05) is 12.1 Å². The normalized spacial score (nSPS) is 30.0. The molecule has 1 aromatic rings. The van der Waals surface area contributed by atoms with Crippen LogP contribution in [-0.2, 0) is 14.3 Å². The van der Waals surface area contributed by atoms with Crippen molar-refractivity contribution in [3.8, 4) is 0 Å². The van der Waals surface area contributed by atoms with Gasteiger partial charge in [-0.15, -0.1) is 0 Å². The summed E-state index contributed by atoms with van der Waals surface area (Å²) in [5.74, 6) is -0.684. The van der Waals surface area contributed by atoms with Gasteiger partial charge in [-0.2, -0.15) is 0 Å². The summed E-state index contributed by atoms with van der Waals surface area (Å²) >= 11 is 5.94. The molecule has 2 atom stereocenters. The van der Waals surface area contributed by atoms with Gasteiger partial charge in [0.1, 0.15) is 0 Å². The van der Waals surface area contributed by atoms with Crippen molar-refractivity contribution >= 4 is 23.4 Å². The van der Waals surface area contributed by atoms with Gasteiger partial charge >= 0.3 is 0 Å². The molecule has 0 saturated carbocycles. The van der Waals surface area contributed by atoms with Gasteiger partial charge in [0, 0.05) is 24.7 Å². The number of imide groups is 1. The Balaban J connectivity index is 2.01. The summed E-state index contributed by atoms with van der Waals surface area (Å²) in [6.07, 6.45) is 2.83. The molecule has 3 rings (SSSR count). The number of ether oxygens (including phenoxy) is 1. The molecule has 2 aliphatic rings. The molecule has 2 aliphatic heterocycles. The second-order valence-corrected chi connectivity index (χ2v) is 6.34. The van der Waals surface area contributed by atoms with Crippen molar-refractivity contribution in [3.05, 3.63) is 34.9 Å². The van der Waals surface area contributed by atoms with Crippen LogP contribution >= 0.6 is 11.6 Å².